The molecule has 0 amide bonds. The molecular formula is C16H14ClN3S. The van der Waals surface area contributed by atoms with Gasteiger partial charge in [0, 0.05) is 17.7 Å². The van der Waals surface area contributed by atoms with E-state index in [1.165, 1.54) is 4.70 Å². The van der Waals surface area contributed by atoms with Gasteiger partial charge in [0.1, 0.15) is 10.8 Å². The van der Waals surface area contributed by atoms with Crippen LogP contribution in [0.2, 0.25) is 0 Å². The van der Waals surface area contributed by atoms with Crippen LogP contribution in [0.1, 0.15) is 5.56 Å². The molecule has 1 aliphatic rings. The largest absolute Gasteiger partial charge is 0.368 e. The lowest BCUT2D eigenvalue weighted by molar-refractivity contribution is 0.960. The van der Waals surface area contributed by atoms with Gasteiger partial charge in [-0.2, -0.15) is 0 Å². The van der Waals surface area contributed by atoms with Gasteiger partial charge in [-0.05, 0) is 12.1 Å². The average molecular weight is 316 g/mol. The van der Waals surface area contributed by atoms with E-state index >= 15 is 0 Å². The molecule has 1 aromatic heterocycles. The lowest BCUT2D eigenvalue weighted by Crippen LogP contribution is -2.19. The minimum atomic E-state index is 0. The fourth-order valence-electron chi connectivity index (χ4n) is 2.36. The van der Waals surface area contributed by atoms with Crippen molar-refractivity contribution in [3.63, 3.8) is 0 Å². The van der Waals surface area contributed by atoms with Crippen LogP contribution in [0.3, 0.4) is 0 Å². The number of amidine groups is 1. The molecule has 106 valence electrons. The second-order valence-corrected chi connectivity index (χ2v) is 5.75. The molecule has 0 spiro atoms. The standard InChI is InChI=1S/C16H13N3S.ClH/c1-2-4-14-13(3-1)19-16(20-14)12-7-5-11(6-8-12)15-17-9-10-18-15;/h1-8H,9-10H2,(H,17,18);1H. The van der Waals surface area contributed by atoms with Crippen LogP contribution in [0.4, 0.5) is 0 Å². The number of rotatable bonds is 2. The third-order valence-electron chi connectivity index (χ3n) is 3.37. The third kappa shape index (κ3) is 2.64. The van der Waals surface area contributed by atoms with Crippen LogP contribution in [-0.2, 0) is 0 Å². The van der Waals surface area contributed by atoms with Gasteiger partial charge in [-0.15, -0.1) is 23.7 Å². The van der Waals surface area contributed by atoms with E-state index in [1.807, 2.05) is 6.07 Å². The Kier molecular flexibility index (Phi) is 3.90. The zero-order valence-corrected chi connectivity index (χ0v) is 12.9. The first-order valence-corrected chi connectivity index (χ1v) is 7.46. The van der Waals surface area contributed by atoms with E-state index in [0.717, 1.165) is 40.6 Å². The van der Waals surface area contributed by atoms with Gasteiger partial charge in [0.15, 0.2) is 0 Å². The Morgan fingerprint density at radius 3 is 2.43 bits per heavy atom. The highest BCUT2D eigenvalue weighted by Gasteiger charge is 2.09. The molecule has 0 atom stereocenters. The summed E-state index contributed by atoms with van der Waals surface area (Å²) in [6.45, 7) is 1.81. The zero-order valence-electron chi connectivity index (χ0n) is 11.2. The highest BCUT2D eigenvalue weighted by atomic mass is 35.5. The van der Waals surface area contributed by atoms with Gasteiger partial charge in [0.25, 0.3) is 0 Å². The number of aromatic nitrogens is 1. The Bertz CT molecular complexity index is 760. The molecule has 0 saturated heterocycles. The summed E-state index contributed by atoms with van der Waals surface area (Å²) in [5.74, 6) is 1.00. The molecule has 1 N–H and O–H groups in total. The molecule has 4 rings (SSSR count). The Balaban J connectivity index is 0.00000132. The quantitative estimate of drug-likeness (QED) is 0.782. The van der Waals surface area contributed by atoms with Gasteiger partial charge in [-0.25, -0.2) is 4.98 Å². The topological polar surface area (TPSA) is 37.3 Å². The third-order valence-corrected chi connectivity index (χ3v) is 4.46. The average Bonchev–Trinajstić information content (AvgIpc) is 3.17. The van der Waals surface area contributed by atoms with Crippen molar-refractivity contribution in [1.29, 1.82) is 0 Å². The second kappa shape index (κ2) is 5.84. The molecule has 3 aromatic rings. The number of hydrogen-bond donors (Lipinski definition) is 1. The molecule has 2 aromatic carbocycles. The molecule has 0 radical (unpaired) electrons. The van der Waals surface area contributed by atoms with E-state index in [1.54, 1.807) is 11.3 Å². The van der Waals surface area contributed by atoms with Crippen LogP contribution in [0.5, 0.6) is 0 Å². The fraction of sp³-hybridized carbons (Fsp3) is 0.125. The van der Waals surface area contributed by atoms with Gasteiger partial charge in [-0.1, -0.05) is 36.4 Å². The van der Waals surface area contributed by atoms with Crippen molar-refractivity contribution in [2.75, 3.05) is 13.1 Å². The van der Waals surface area contributed by atoms with Crippen LogP contribution in [0.15, 0.2) is 53.5 Å². The Hall–Kier alpha value is -1.91. The Labute approximate surface area is 133 Å². The number of aliphatic imine (C=N–C) groups is 1. The van der Waals surface area contributed by atoms with Crippen LogP contribution in [-0.4, -0.2) is 23.9 Å². The number of benzene rings is 2. The first-order valence-electron chi connectivity index (χ1n) is 6.65. The van der Waals surface area contributed by atoms with Crippen molar-refractivity contribution >= 4 is 39.8 Å². The maximum absolute atomic E-state index is 4.68. The number of nitrogens with zero attached hydrogens (tertiary/aromatic N) is 2. The summed E-state index contributed by atoms with van der Waals surface area (Å²) < 4.78 is 1.23. The summed E-state index contributed by atoms with van der Waals surface area (Å²) in [7, 11) is 0. The normalized spacial score (nSPS) is 13.6. The summed E-state index contributed by atoms with van der Waals surface area (Å²) in [6, 6.07) is 16.7. The number of nitrogens with one attached hydrogen (secondary N) is 1. The van der Waals surface area contributed by atoms with Crippen molar-refractivity contribution < 1.29 is 0 Å². The molecule has 21 heavy (non-hydrogen) atoms. The lowest BCUT2D eigenvalue weighted by atomic mass is 10.1. The van der Waals surface area contributed by atoms with E-state index in [0.29, 0.717) is 0 Å². The van der Waals surface area contributed by atoms with Crippen molar-refractivity contribution in [3.8, 4) is 10.6 Å². The summed E-state index contributed by atoms with van der Waals surface area (Å²) in [6.07, 6.45) is 0. The molecular weight excluding hydrogens is 302 g/mol. The van der Waals surface area contributed by atoms with Gasteiger partial charge in [0.05, 0.1) is 16.8 Å². The van der Waals surface area contributed by atoms with Crippen molar-refractivity contribution in [3.05, 3.63) is 54.1 Å². The summed E-state index contributed by atoms with van der Waals surface area (Å²) in [4.78, 5) is 9.12. The smallest absolute Gasteiger partial charge is 0.128 e. The minimum Gasteiger partial charge on any atom is -0.368 e. The van der Waals surface area contributed by atoms with Crippen LogP contribution in [0.25, 0.3) is 20.8 Å². The molecule has 5 heteroatoms. The Morgan fingerprint density at radius 2 is 1.71 bits per heavy atom. The molecule has 1 aliphatic heterocycles. The monoisotopic (exact) mass is 315 g/mol. The van der Waals surface area contributed by atoms with E-state index in [4.69, 9.17) is 0 Å². The summed E-state index contributed by atoms with van der Waals surface area (Å²) in [5.41, 5.74) is 3.37. The second-order valence-electron chi connectivity index (χ2n) is 4.72. The SMILES string of the molecule is Cl.c1ccc2sc(-c3ccc(C4=NCCN4)cc3)nc2c1. The van der Waals surface area contributed by atoms with Gasteiger partial charge in [0.2, 0.25) is 0 Å². The maximum atomic E-state index is 4.68. The first kappa shape index (κ1) is 14.0. The highest BCUT2D eigenvalue weighted by Crippen LogP contribution is 2.30. The lowest BCUT2D eigenvalue weighted by Gasteiger charge is -2.03. The number of fused-ring (bicyclic) bond motifs is 1. The zero-order chi connectivity index (χ0) is 13.4. The predicted molar refractivity (Wildman–Crippen MR) is 91.7 cm³/mol. The number of para-hydroxylation sites is 1. The van der Waals surface area contributed by atoms with Gasteiger partial charge >= 0.3 is 0 Å². The number of thiazole rings is 1. The van der Waals surface area contributed by atoms with Gasteiger partial charge in [-0.3, -0.25) is 4.99 Å². The molecule has 0 bridgehead atoms. The van der Waals surface area contributed by atoms with Crippen molar-refractivity contribution in [2.45, 2.75) is 0 Å². The van der Waals surface area contributed by atoms with Gasteiger partial charge < -0.3 is 5.32 Å². The van der Waals surface area contributed by atoms with E-state index in [9.17, 15) is 0 Å². The summed E-state index contributed by atoms with van der Waals surface area (Å²) in [5, 5.41) is 4.36. The molecule has 0 fully saturated rings. The number of hydrogen-bond acceptors (Lipinski definition) is 4. The van der Waals surface area contributed by atoms with Crippen LogP contribution >= 0.6 is 23.7 Å². The molecule has 3 nitrogen and oxygen atoms in total. The molecule has 0 saturated carbocycles. The van der Waals surface area contributed by atoms with E-state index in [-0.39, 0.29) is 12.4 Å². The maximum Gasteiger partial charge on any atom is 0.128 e. The minimum absolute atomic E-state index is 0. The van der Waals surface area contributed by atoms with Crippen molar-refractivity contribution in [1.82, 2.24) is 10.3 Å². The predicted octanol–water partition coefficient (Wildman–Crippen LogP) is 3.73. The molecule has 2 heterocycles. The summed E-state index contributed by atoms with van der Waals surface area (Å²) >= 11 is 1.73. The molecule has 0 unspecified atom stereocenters. The van der Waals surface area contributed by atoms with Crippen LogP contribution < -0.4 is 5.32 Å². The highest BCUT2D eigenvalue weighted by molar-refractivity contribution is 7.21. The molecule has 0 aliphatic carbocycles. The van der Waals surface area contributed by atoms with Crippen molar-refractivity contribution in [2.24, 2.45) is 4.99 Å². The Morgan fingerprint density at radius 1 is 0.952 bits per heavy atom. The number of halogens is 1. The van der Waals surface area contributed by atoms with E-state index in [2.05, 4.69) is 57.8 Å². The van der Waals surface area contributed by atoms with E-state index < -0.39 is 0 Å². The fourth-order valence-corrected chi connectivity index (χ4v) is 3.33. The van der Waals surface area contributed by atoms with Crippen LogP contribution in [0, 0.1) is 0 Å². The first-order chi connectivity index (χ1) is 9.90.